The van der Waals surface area contributed by atoms with Gasteiger partial charge in [0.15, 0.2) is 0 Å². The normalized spacial score (nSPS) is 18.7. The highest BCUT2D eigenvalue weighted by atomic mass is 16.5. The van der Waals surface area contributed by atoms with Crippen LogP contribution < -0.4 is 10.1 Å². The molecule has 1 N–H and O–H groups in total. The third kappa shape index (κ3) is 5.85. The number of nitrogens with one attached hydrogen (secondary N) is 1. The van der Waals surface area contributed by atoms with E-state index in [1.807, 2.05) is 19.1 Å². The molecule has 3 aromatic rings. The van der Waals surface area contributed by atoms with Crippen molar-refractivity contribution in [1.29, 1.82) is 0 Å². The fourth-order valence-corrected chi connectivity index (χ4v) is 5.79. The summed E-state index contributed by atoms with van der Waals surface area (Å²) >= 11 is 0. The first-order chi connectivity index (χ1) is 19.4. The molecule has 0 spiro atoms. The molecule has 208 valence electrons. The number of rotatable bonds is 9. The minimum atomic E-state index is -0.779. The number of benzene rings is 3. The molecule has 5 rings (SSSR count). The van der Waals surface area contributed by atoms with Crippen LogP contribution in [0.5, 0.6) is 5.75 Å². The van der Waals surface area contributed by atoms with E-state index in [0.717, 1.165) is 50.2 Å². The van der Waals surface area contributed by atoms with E-state index in [9.17, 15) is 4.79 Å². The minimum Gasteiger partial charge on any atom is -0.465 e. The molecule has 0 saturated heterocycles. The Bertz CT molecular complexity index is 1400. The van der Waals surface area contributed by atoms with E-state index in [0.29, 0.717) is 17.9 Å². The number of allylic oxidation sites excluding steroid dienone is 2. The van der Waals surface area contributed by atoms with Gasteiger partial charge in [0.2, 0.25) is 5.72 Å². The number of hydrogen-bond donors (Lipinski definition) is 1. The standard InChI is InChI=1S/C35H40N2O3/c1-5-25-13-10-14-26(6-2)33(25)32-20-17-30(24-37-22-21-27-11-8-9-12-29(27)23-37)35(4,36-32)40-31-18-15-28(16-19-31)34(38)39-7-3/h8-20,36H,5-7,21-24H2,1-4H3. The summed E-state index contributed by atoms with van der Waals surface area (Å²) in [5.41, 5.74) is 8.73. The second-order valence-corrected chi connectivity index (χ2v) is 10.7. The molecule has 0 aromatic heterocycles. The zero-order valence-corrected chi connectivity index (χ0v) is 24.1. The van der Waals surface area contributed by atoms with Crippen molar-refractivity contribution in [2.24, 2.45) is 0 Å². The van der Waals surface area contributed by atoms with Crippen LogP contribution in [0.1, 0.15) is 65.9 Å². The van der Waals surface area contributed by atoms with Crippen molar-refractivity contribution < 1.29 is 14.3 Å². The molecule has 2 aliphatic rings. The van der Waals surface area contributed by atoms with Crippen LogP contribution in [0, 0.1) is 0 Å². The van der Waals surface area contributed by atoms with Gasteiger partial charge >= 0.3 is 5.97 Å². The van der Waals surface area contributed by atoms with Gasteiger partial charge in [-0.1, -0.05) is 62.4 Å². The van der Waals surface area contributed by atoms with Gasteiger partial charge in [-0.3, -0.25) is 4.90 Å². The Morgan fingerprint density at radius 1 is 0.900 bits per heavy atom. The molecule has 0 fully saturated rings. The zero-order valence-electron chi connectivity index (χ0n) is 24.1. The first-order valence-corrected chi connectivity index (χ1v) is 14.5. The van der Waals surface area contributed by atoms with Crippen molar-refractivity contribution >= 4 is 11.7 Å². The Balaban J connectivity index is 1.47. The topological polar surface area (TPSA) is 50.8 Å². The van der Waals surface area contributed by atoms with E-state index in [1.54, 1.807) is 12.1 Å². The van der Waals surface area contributed by atoms with Crippen LogP contribution in [0.15, 0.2) is 84.5 Å². The summed E-state index contributed by atoms with van der Waals surface area (Å²) < 4.78 is 11.9. The fourth-order valence-electron chi connectivity index (χ4n) is 5.79. The summed E-state index contributed by atoms with van der Waals surface area (Å²) in [6.07, 6.45) is 7.42. The van der Waals surface area contributed by atoms with Crippen LogP contribution in [0.2, 0.25) is 0 Å². The molecule has 0 amide bonds. The molecular weight excluding hydrogens is 496 g/mol. The highest BCUT2D eigenvalue weighted by Gasteiger charge is 2.36. The maximum atomic E-state index is 12.2. The smallest absolute Gasteiger partial charge is 0.338 e. The Hall–Kier alpha value is -3.83. The molecule has 3 aromatic carbocycles. The van der Waals surface area contributed by atoms with Crippen LogP contribution in [0.25, 0.3) is 5.70 Å². The number of nitrogens with zero attached hydrogens (tertiary/aromatic N) is 1. The Kier molecular flexibility index (Phi) is 8.41. The summed E-state index contributed by atoms with van der Waals surface area (Å²) in [6, 6.07) is 22.6. The predicted molar refractivity (Wildman–Crippen MR) is 161 cm³/mol. The number of fused-ring (bicyclic) bond motifs is 1. The number of aryl methyl sites for hydroxylation is 2. The zero-order chi connectivity index (χ0) is 28.1. The molecule has 0 bridgehead atoms. The minimum absolute atomic E-state index is 0.324. The van der Waals surface area contributed by atoms with Gasteiger partial charge in [0.05, 0.1) is 12.2 Å². The first kappa shape index (κ1) is 27.7. The fraction of sp³-hybridized carbons (Fsp3) is 0.343. The first-order valence-electron chi connectivity index (χ1n) is 14.5. The molecule has 1 atom stereocenters. The molecule has 40 heavy (non-hydrogen) atoms. The van der Waals surface area contributed by atoms with E-state index in [2.05, 4.69) is 85.6 Å². The van der Waals surface area contributed by atoms with E-state index in [1.165, 1.54) is 27.8 Å². The molecule has 0 aliphatic carbocycles. The van der Waals surface area contributed by atoms with Crippen molar-refractivity contribution in [3.63, 3.8) is 0 Å². The van der Waals surface area contributed by atoms with Crippen LogP contribution in [0.4, 0.5) is 0 Å². The van der Waals surface area contributed by atoms with Crippen molar-refractivity contribution in [1.82, 2.24) is 10.2 Å². The predicted octanol–water partition coefficient (Wildman–Crippen LogP) is 6.71. The van der Waals surface area contributed by atoms with Gasteiger partial charge < -0.3 is 14.8 Å². The van der Waals surface area contributed by atoms with Crippen molar-refractivity contribution in [2.45, 2.75) is 59.2 Å². The second kappa shape index (κ2) is 12.1. The average Bonchev–Trinajstić information content (AvgIpc) is 2.98. The maximum absolute atomic E-state index is 12.2. The molecule has 2 aliphatic heterocycles. The van der Waals surface area contributed by atoms with Gasteiger partial charge in [-0.2, -0.15) is 0 Å². The summed E-state index contributed by atoms with van der Waals surface area (Å²) in [4.78, 5) is 14.7. The number of carbonyl (C=O) groups excluding carboxylic acids is 1. The van der Waals surface area contributed by atoms with Crippen LogP contribution in [-0.4, -0.2) is 36.3 Å². The lowest BCUT2D eigenvalue weighted by Crippen LogP contribution is -2.52. The number of ether oxygens (including phenoxy) is 2. The SMILES string of the molecule is CCOC(=O)c1ccc(OC2(C)NC(c3c(CC)cccc3CC)=CC=C2CN2CCc3ccccc3C2)cc1. The molecule has 5 heteroatoms. The maximum Gasteiger partial charge on any atom is 0.338 e. The molecule has 0 radical (unpaired) electrons. The van der Waals surface area contributed by atoms with Crippen molar-refractivity contribution in [3.8, 4) is 5.75 Å². The van der Waals surface area contributed by atoms with E-state index >= 15 is 0 Å². The van der Waals surface area contributed by atoms with Crippen LogP contribution in [-0.2, 0) is 30.5 Å². The van der Waals surface area contributed by atoms with E-state index in [-0.39, 0.29) is 5.97 Å². The van der Waals surface area contributed by atoms with Gasteiger partial charge in [-0.15, -0.1) is 0 Å². The van der Waals surface area contributed by atoms with Gasteiger partial charge in [0.1, 0.15) is 5.75 Å². The van der Waals surface area contributed by atoms with Gasteiger partial charge in [-0.05, 0) is 85.7 Å². The van der Waals surface area contributed by atoms with Crippen LogP contribution >= 0.6 is 0 Å². The Labute approximate surface area is 238 Å². The Morgan fingerprint density at radius 2 is 1.60 bits per heavy atom. The number of hydrogen-bond acceptors (Lipinski definition) is 5. The largest absolute Gasteiger partial charge is 0.465 e. The number of dihydropyridines is 1. The van der Waals surface area contributed by atoms with E-state index < -0.39 is 5.72 Å². The third-order valence-electron chi connectivity index (χ3n) is 8.00. The summed E-state index contributed by atoms with van der Waals surface area (Å²) in [5, 5.41) is 3.81. The van der Waals surface area contributed by atoms with Gasteiger partial charge in [-0.25, -0.2) is 4.79 Å². The quantitative estimate of drug-likeness (QED) is 0.308. The van der Waals surface area contributed by atoms with Crippen molar-refractivity contribution in [3.05, 3.63) is 118 Å². The van der Waals surface area contributed by atoms with Crippen LogP contribution in [0.3, 0.4) is 0 Å². The molecule has 0 saturated carbocycles. The second-order valence-electron chi connectivity index (χ2n) is 10.7. The summed E-state index contributed by atoms with van der Waals surface area (Å²) in [6.45, 7) is 11.4. The number of esters is 1. The van der Waals surface area contributed by atoms with Crippen molar-refractivity contribution in [2.75, 3.05) is 19.7 Å². The van der Waals surface area contributed by atoms with Gasteiger partial charge in [0, 0.05) is 36.5 Å². The molecule has 5 nitrogen and oxygen atoms in total. The highest BCUT2D eigenvalue weighted by molar-refractivity contribution is 5.89. The third-order valence-corrected chi connectivity index (χ3v) is 8.00. The molecule has 2 heterocycles. The lowest BCUT2D eigenvalue weighted by atomic mass is 9.90. The lowest BCUT2D eigenvalue weighted by molar-refractivity contribution is 0.0526. The molecular formula is C35H40N2O3. The Morgan fingerprint density at radius 3 is 2.27 bits per heavy atom. The lowest BCUT2D eigenvalue weighted by Gasteiger charge is -2.41. The summed E-state index contributed by atoms with van der Waals surface area (Å²) in [7, 11) is 0. The van der Waals surface area contributed by atoms with E-state index in [4.69, 9.17) is 9.47 Å². The molecule has 1 unspecified atom stereocenters. The monoisotopic (exact) mass is 536 g/mol. The average molecular weight is 537 g/mol. The highest BCUT2D eigenvalue weighted by Crippen LogP contribution is 2.34. The number of carbonyl (C=O) groups is 1. The summed E-state index contributed by atoms with van der Waals surface area (Å²) in [5.74, 6) is 0.370. The van der Waals surface area contributed by atoms with Gasteiger partial charge in [0.25, 0.3) is 0 Å².